The van der Waals surface area contributed by atoms with Gasteiger partial charge in [0.25, 0.3) is 0 Å². The molecule has 2 heteroatoms. The monoisotopic (exact) mass is 269 g/mol. The standard InChI is InChI=1S/C18H23NO/c1-13(2)11-17(15-7-5-4-6-8-15)19-16-10-9-14(3)18(20)12-16/h4-10,12-13,17,19-20H,11H2,1-3H3. The molecule has 0 spiro atoms. The Morgan fingerprint density at radius 1 is 1.05 bits per heavy atom. The van der Waals surface area contributed by atoms with Gasteiger partial charge in [-0.2, -0.15) is 0 Å². The summed E-state index contributed by atoms with van der Waals surface area (Å²) in [6, 6.07) is 16.5. The number of hydrogen-bond donors (Lipinski definition) is 2. The molecule has 1 unspecified atom stereocenters. The molecule has 106 valence electrons. The van der Waals surface area contributed by atoms with E-state index in [0.29, 0.717) is 11.7 Å². The Kier molecular flexibility index (Phi) is 4.67. The number of phenols is 1. The lowest BCUT2D eigenvalue weighted by molar-refractivity contribution is 0.471. The highest BCUT2D eigenvalue weighted by molar-refractivity contribution is 5.52. The van der Waals surface area contributed by atoms with Crippen molar-refractivity contribution < 1.29 is 5.11 Å². The molecule has 2 nitrogen and oxygen atoms in total. The minimum Gasteiger partial charge on any atom is -0.508 e. The third kappa shape index (κ3) is 3.77. The Morgan fingerprint density at radius 3 is 2.35 bits per heavy atom. The molecule has 0 heterocycles. The van der Waals surface area contributed by atoms with E-state index in [4.69, 9.17) is 0 Å². The van der Waals surface area contributed by atoms with Crippen LogP contribution in [-0.2, 0) is 0 Å². The topological polar surface area (TPSA) is 32.3 Å². The maximum absolute atomic E-state index is 9.83. The van der Waals surface area contributed by atoms with Gasteiger partial charge in [-0.05, 0) is 36.5 Å². The van der Waals surface area contributed by atoms with Gasteiger partial charge in [-0.1, -0.05) is 50.2 Å². The van der Waals surface area contributed by atoms with Crippen molar-refractivity contribution in [1.29, 1.82) is 0 Å². The average molecular weight is 269 g/mol. The van der Waals surface area contributed by atoms with E-state index >= 15 is 0 Å². The first-order valence-electron chi connectivity index (χ1n) is 7.17. The molecule has 1 atom stereocenters. The average Bonchev–Trinajstić information content (AvgIpc) is 2.43. The number of benzene rings is 2. The van der Waals surface area contributed by atoms with Crippen LogP contribution in [0.3, 0.4) is 0 Å². The van der Waals surface area contributed by atoms with Gasteiger partial charge in [0, 0.05) is 11.8 Å². The van der Waals surface area contributed by atoms with Gasteiger partial charge < -0.3 is 10.4 Å². The van der Waals surface area contributed by atoms with Gasteiger partial charge in [0.15, 0.2) is 0 Å². The number of phenolic OH excluding ortho intramolecular Hbond substituents is 1. The van der Waals surface area contributed by atoms with E-state index in [2.05, 4.69) is 43.4 Å². The zero-order chi connectivity index (χ0) is 14.5. The van der Waals surface area contributed by atoms with Crippen LogP contribution in [-0.4, -0.2) is 5.11 Å². The summed E-state index contributed by atoms with van der Waals surface area (Å²) in [6.07, 6.45) is 1.05. The minimum absolute atomic E-state index is 0.262. The van der Waals surface area contributed by atoms with Crippen molar-refractivity contribution in [1.82, 2.24) is 0 Å². The molecular formula is C18H23NO. The number of anilines is 1. The quantitative estimate of drug-likeness (QED) is 0.809. The molecule has 2 aromatic rings. The van der Waals surface area contributed by atoms with Crippen molar-refractivity contribution in [2.45, 2.75) is 33.2 Å². The van der Waals surface area contributed by atoms with E-state index in [1.54, 1.807) is 6.07 Å². The molecule has 0 saturated carbocycles. The van der Waals surface area contributed by atoms with Gasteiger partial charge in [0.2, 0.25) is 0 Å². The van der Waals surface area contributed by atoms with E-state index in [1.807, 2.05) is 25.1 Å². The first kappa shape index (κ1) is 14.4. The van der Waals surface area contributed by atoms with Crippen LogP contribution in [0, 0.1) is 12.8 Å². The van der Waals surface area contributed by atoms with E-state index in [0.717, 1.165) is 17.7 Å². The summed E-state index contributed by atoms with van der Waals surface area (Å²) >= 11 is 0. The molecule has 2 rings (SSSR count). The fourth-order valence-electron chi connectivity index (χ4n) is 2.34. The van der Waals surface area contributed by atoms with Gasteiger partial charge in [0.1, 0.15) is 5.75 Å². The van der Waals surface area contributed by atoms with Gasteiger partial charge in [-0.25, -0.2) is 0 Å². The third-order valence-corrected chi connectivity index (χ3v) is 3.46. The number of hydrogen-bond acceptors (Lipinski definition) is 2. The largest absolute Gasteiger partial charge is 0.508 e. The number of aromatic hydroxyl groups is 1. The third-order valence-electron chi connectivity index (χ3n) is 3.46. The van der Waals surface area contributed by atoms with Crippen LogP contribution in [0.1, 0.15) is 37.4 Å². The molecule has 0 amide bonds. The van der Waals surface area contributed by atoms with Crippen molar-refractivity contribution in [3.05, 3.63) is 59.7 Å². The van der Waals surface area contributed by atoms with Crippen LogP contribution in [0.25, 0.3) is 0 Å². The van der Waals surface area contributed by atoms with E-state index in [9.17, 15) is 5.11 Å². The van der Waals surface area contributed by atoms with E-state index in [1.165, 1.54) is 5.56 Å². The van der Waals surface area contributed by atoms with Gasteiger partial charge >= 0.3 is 0 Å². The van der Waals surface area contributed by atoms with Crippen LogP contribution in [0.15, 0.2) is 48.5 Å². The van der Waals surface area contributed by atoms with Crippen LogP contribution in [0.4, 0.5) is 5.69 Å². The number of rotatable bonds is 5. The lowest BCUT2D eigenvalue weighted by atomic mass is 9.96. The maximum atomic E-state index is 9.83. The molecule has 0 saturated heterocycles. The molecular weight excluding hydrogens is 246 g/mol. The Hall–Kier alpha value is -1.96. The van der Waals surface area contributed by atoms with Crippen molar-refractivity contribution in [3.8, 4) is 5.75 Å². The van der Waals surface area contributed by atoms with Crippen LogP contribution < -0.4 is 5.32 Å². The van der Waals surface area contributed by atoms with Crippen molar-refractivity contribution >= 4 is 5.69 Å². The molecule has 0 aromatic heterocycles. The Morgan fingerprint density at radius 2 is 1.75 bits per heavy atom. The highest BCUT2D eigenvalue weighted by Crippen LogP contribution is 2.28. The van der Waals surface area contributed by atoms with Crippen LogP contribution >= 0.6 is 0 Å². The molecule has 2 aromatic carbocycles. The first-order valence-corrected chi connectivity index (χ1v) is 7.17. The number of aryl methyl sites for hydroxylation is 1. The van der Waals surface area contributed by atoms with Crippen molar-refractivity contribution in [2.75, 3.05) is 5.32 Å². The summed E-state index contributed by atoms with van der Waals surface area (Å²) in [4.78, 5) is 0. The molecule has 20 heavy (non-hydrogen) atoms. The molecule has 0 fully saturated rings. The smallest absolute Gasteiger partial charge is 0.120 e. The van der Waals surface area contributed by atoms with Gasteiger partial charge in [0.05, 0.1) is 6.04 Å². The van der Waals surface area contributed by atoms with Crippen molar-refractivity contribution in [3.63, 3.8) is 0 Å². The van der Waals surface area contributed by atoms with Gasteiger partial charge in [-0.3, -0.25) is 0 Å². The summed E-state index contributed by atoms with van der Waals surface area (Å²) in [5, 5.41) is 13.4. The summed E-state index contributed by atoms with van der Waals surface area (Å²) in [7, 11) is 0. The minimum atomic E-state index is 0.262. The highest BCUT2D eigenvalue weighted by atomic mass is 16.3. The van der Waals surface area contributed by atoms with E-state index < -0.39 is 0 Å². The van der Waals surface area contributed by atoms with Gasteiger partial charge in [-0.15, -0.1) is 0 Å². The normalized spacial score (nSPS) is 12.4. The fourth-order valence-corrected chi connectivity index (χ4v) is 2.34. The molecule has 0 aliphatic carbocycles. The second-order valence-corrected chi connectivity index (χ2v) is 5.74. The lowest BCUT2D eigenvalue weighted by Crippen LogP contribution is -2.13. The molecule has 0 aliphatic heterocycles. The second-order valence-electron chi connectivity index (χ2n) is 5.74. The molecule has 0 aliphatic rings. The summed E-state index contributed by atoms with van der Waals surface area (Å²) in [5.41, 5.74) is 3.14. The summed E-state index contributed by atoms with van der Waals surface area (Å²) in [6.45, 7) is 6.36. The summed E-state index contributed by atoms with van der Waals surface area (Å²) < 4.78 is 0. The Labute approximate surface area is 121 Å². The first-order chi connectivity index (χ1) is 9.56. The lowest BCUT2D eigenvalue weighted by Gasteiger charge is -2.22. The predicted molar refractivity (Wildman–Crippen MR) is 85.1 cm³/mol. The Bertz CT molecular complexity index is 549. The van der Waals surface area contributed by atoms with E-state index in [-0.39, 0.29) is 6.04 Å². The second kappa shape index (κ2) is 6.47. The maximum Gasteiger partial charge on any atom is 0.120 e. The zero-order valence-electron chi connectivity index (χ0n) is 12.4. The summed E-state index contributed by atoms with van der Waals surface area (Å²) in [5.74, 6) is 0.943. The van der Waals surface area contributed by atoms with Crippen molar-refractivity contribution in [2.24, 2.45) is 5.92 Å². The molecule has 2 N–H and O–H groups in total. The highest BCUT2D eigenvalue weighted by Gasteiger charge is 2.13. The van der Waals surface area contributed by atoms with Crippen LogP contribution in [0.2, 0.25) is 0 Å². The number of nitrogens with one attached hydrogen (secondary N) is 1. The molecule has 0 bridgehead atoms. The molecule has 0 radical (unpaired) electrons. The Balaban J connectivity index is 2.21. The zero-order valence-corrected chi connectivity index (χ0v) is 12.4. The predicted octanol–water partition coefficient (Wildman–Crippen LogP) is 4.90. The SMILES string of the molecule is Cc1ccc(NC(CC(C)C)c2ccccc2)cc1O. The fraction of sp³-hybridized carbons (Fsp3) is 0.333. The van der Waals surface area contributed by atoms with Crippen LogP contribution in [0.5, 0.6) is 5.75 Å².